The Morgan fingerprint density at radius 1 is 1.23 bits per heavy atom. The van der Waals surface area contributed by atoms with Crippen molar-refractivity contribution in [1.82, 2.24) is 10.2 Å². The molecular weight excluding hydrogens is 214 g/mol. The van der Waals surface area contributed by atoms with Gasteiger partial charge in [0, 0.05) is 12.6 Å². The molecule has 2 unspecified atom stereocenters. The number of hydrogen-bond donors (Lipinski definition) is 1. The Labute approximate surface area is 91.1 Å². The maximum atomic E-state index is 13.2. The molecule has 0 aromatic carbocycles. The van der Waals surface area contributed by atoms with Crippen LogP contribution in [-0.2, 0) is 0 Å². The minimum Gasteiger partial charge on any atom is -0.314 e. The Morgan fingerprint density at radius 2 is 1.92 bits per heavy atom. The molecule has 13 heavy (non-hydrogen) atoms. The summed E-state index contributed by atoms with van der Waals surface area (Å²) in [6.07, 6.45) is 1.61. The van der Waals surface area contributed by atoms with Crippen LogP contribution in [0.3, 0.4) is 0 Å². The number of alkyl halides is 1. The topological polar surface area (TPSA) is 15.3 Å². The summed E-state index contributed by atoms with van der Waals surface area (Å²) in [5, 5.41) is 3.07. The number of nitrogens with zero attached hydrogens (tertiary/aromatic N) is 1. The van der Waals surface area contributed by atoms with Gasteiger partial charge in [0.15, 0.2) is 0 Å². The predicted molar refractivity (Wildman–Crippen MR) is 56.9 cm³/mol. The molecule has 2 aliphatic heterocycles. The van der Waals surface area contributed by atoms with Crippen LogP contribution < -0.4 is 5.32 Å². The number of piperidine rings is 1. The molecule has 0 radical (unpaired) electrons. The molecule has 0 saturated carbocycles. The quantitative estimate of drug-likeness (QED) is 0.730. The molecule has 0 amide bonds. The number of nitrogens with one attached hydrogen (secondary N) is 1. The molecule has 2 fully saturated rings. The first-order valence-electron chi connectivity index (χ1n) is 4.47. The van der Waals surface area contributed by atoms with Crippen LogP contribution in [0.25, 0.3) is 0 Å². The molecule has 2 rings (SSSR count). The fourth-order valence-electron chi connectivity index (χ4n) is 1.89. The van der Waals surface area contributed by atoms with E-state index in [-0.39, 0.29) is 30.9 Å². The Balaban J connectivity index is 0.000000720. The van der Waals surface area contributed by atoms with Gasteiger partial charge in [0.25, 0.3) is 0 Å². The third-order valence-corrected chi connectivity index (χ3v) is 2.73. The molecule has 2 aliphatic rings. The predicted octanol–water partition coefficient (Wildman–Crippen LogP) is 1.24. The van der Waals surface area contributed by atoms with Crippen LogP contribution in [0.5, 0.6) is 0 Å². The van der Waals surface area contributed by atoms with Crippen molar-refractivity contribution in [2.75, 3.05) is 26.2 Å². The smallest absolute Gasteiger partial charge is 0.128 e. The fraction of sp³-hybridized carbons (Fsp3) is 1.00. The number of hydrogen-bond acceptors (Lipinski definition) is 2. The lowest BCUT2D eigenvalue weighted by atomic mass is 9.99. The first kappa shape index (κ1) is 13.4. The lowest BCUT2D eigenvalue weighted by molar-refractivity contribution is 0.0404. The van der Waals surface area contributed by atoms with Gasteiger partial charge in [0.05, 0.1) is 0 Å². The molecule has 80 valence electrons. The van der Waals surface area contributed by atoms with Gasteiger partial charge >= 0.3 is 0 Å². The summed E-state index contributed by atoms with van der Waals surface area (Å²) < 4.78 is 13.2. The zero-order valence-electron chi connectivity index (χ0n) is 7.54. The zero-order valence-corrected chi connectivity index (χ0v) is 9.17. The van der Waals surface area contributed by atoms with Crippen molar-refractivity contribution in [1.29, 1.82) is 0 Å². The summed E-state index contributed by atoms with van der Waals surface area (Å²) in [4.78, 5) is 2.27. The average molecular weight is 231 g/mol. The molecule has 5 heteroatoms. The number of rotatable bonds is 1. The Morgan fingerprint density at radius 3 is 2.38 bits per heavy atom. The van der Waals surface area contributed by atoms with Gasteiger partial charge in [-0.05, 0) is 32.5 Å². The van der Waals surface area contributed by atoms with Crippen molar-refractivity contribution >= 4 is 24.8 Å². The largest absolute Gasteiger partial charge is 0.314 e. The maximum absolute atomic E-state index is 13.2. The van der Waals surface area contributed by atoms with E-state index in [0.29, 0.717) is 6.54 Å². The zero-order chi connectivity index (χ0) is 7.68. The van der Waals surface area contributed by atoms with E-state index in [1.807, 2.05) is 0 Å². The molecule has 2 atom stereocenters. The average Bonchev–Trinajstić information content (AvgIpc) is 1.90. The molecular formula is C8H17Cl2FN2. The van der Waals surface area contributed by atoms with Gasteiger partial charge in [-0.2, -0.15) is 0 Å². The van der Waals surface area contributed by atoms with Gasteiger partial charge in [0.1, 0.15) is 6.17 Å². The van der Waals surface area contributed by atoms with Crippen molar-refractivity contribution < 1.29 is 4.39 Å². The van der Waals surface area contributed by atoms with Gasteiger partial charge in [-0.1, -0.05) is 0 Å². The van der Waals surface area contributed by atoms with E-state index >= 15 is 0 Å². The van der Waals surface area contributed by atoms with Crippen LogP contribution in [-0.4, -0.2) is 43.3 Å². The van der Waals surface area contributed by atoms with Crippen LogP contribution in [0.4, 0.5) is 4.39 Å². The molecule has 0 spiro atoms. The summed E-state index contributed by atoms with van der Waals surface area (Å²) >= 11 is 0. The normalized spacial score (nSPS) is 33.9. The summed E-state index contributed by atoms with van der Waals surface area (Å²) in [5.41, 5.74) is 0. The minimum atomic E-state index is -0.635. The van der Waals surface area contributed by atoms with E-state index in [4.69, 9.17) is 0 Å². The summed E-state index contributed by atoms with van der Waals surface area (Å²) in [7, 11) is 0. The molecule has 0 aliphatic carbocycles. The minimum absolute atomic E-state index is 0. The number of halogens is 3. The highest BCUT2D eigenvalue weighted by atomic mass is 35.5. The van der Waals surface area contributed by atoms with E-state index in [1.54, 1.807) is 0 Å². The van der Waals surface area contributed by atoms with Crippen LogP contribution >= 0.6 is 24.8 Å². The fourth-order valence-corrected chi connectivity index (χ4v) is 1.89. The molecule has 0 bridgehead atoms. The van der Waals surface area contributed by atoms with Gasteiger partial charge in [0.2, 0.25) is 0 Å². The second-order valence-electron chi connectivity index (χ2n) is 3.47. The highest BCUT2D eigenvalue weighted by molar-refractivity contribution is 5.85. The lowest BCUT2D eigenvalue weighted by Crippen LogP contribution is -2.55. The molecule has 0 aromatic heterocycles. The molecule has 1 N–H and O–H groups in total. The van der Waals surface area contributed by atoms with E-state index in [9.17, 15) is 4.39 Å². The lowest BCUT2D eigenvalue weighted by Gasteiger charge is -2.42. The van der Waals surface area contributed by atoms with Crippen molar-refractivity contribution in [3.8, 4) is 0 Å². The van der Waals surface area contributed by atoms with Gasteiger partial charge in [-0.15, -0.1) is 24.8 Å². The van der Waals surface area contributed by atoms with Gasteiger partial charge < -0.3 is 5.32 Å². The Bertz CT molecular complexity index is 142. The van der Waals surface area contributed by atoms with E-state index in [1.165, 1.54) is 6.42 Å². The molecule has 2 saturated heterocycles. The molecule has 2 heterocycles. The van der Waals surface area contributed by atoms with Crippen molar-refractivity contribution in [2.24, 2.45) is 0 Å². The van der Waals surface area contributed by atoms with Crippen molar-refractivity contribution in [3.05, 3.63) is 0 Å². The summed E-state index contributed by atoms with van der Waals surface area (Å²) in [6.45, 7) is 3.78. The third-order valence-electron chi connectivity index (χ3n) is 2.73. The third kappa shape index (κ3) is 2.94. The van der Waals surface area contributed by atoms with E-state index < -0.39 is 6.17 Å². The highest BCUT2D eigenvalue weighted by Gasteiger charge is 2.32. The second-order valence-corrected chi connectivity index (χ2v) is 3.47. The van der Waals surface area contributed by atoms with Gasteiger partial charge in [-0.25, -0.2) is 4.39 Å². The van der Waals surface area contributed by atoms with E-state index in [0.717, 1.165) is 26.1 Å². The highest BCUT2D eigenvalue weighted by Crippen LogP contribution is 2.20. The van der Waals surface area contributed by atoms with Crippen LogP contribution in [0.15, 0.2) is 0 Å². The molecule has 0 aromatic rings. The first-order chi connectivity index (χ1) is 5.38. The first-order valence-corrected chi connectivity index (χ1v) is 4.47. The Hall–Kier alpha value is 0.430. The SMILES string of the molecule is Cl.Cl.FC1CNCCC1N1CCC1. The second kappa shape index (κ2) is 6.02. The summed E-state index contributed by atoms with van der Waals surface area (Å²) in [5.74, 6) is 0. The Kier molecular flexibility index (Phi) is 6.21. The van der Waals surface area contributed by atoms with Gasteiger partial charge in [-0.3, -0.25) is 4.90 Å². The maximum Gasteiger partial charge on any atom is 0.128 e. The summed E-state index contributed by atoms with van der Waals surface area (Å²) in [6, 6.07) is 0.227. The van der Waals surface area contributed by atoms with Crippen molar-refractivity contribution in [3.63, 3.8) is 0 Å². The van der Waals surface area contributed by atoms with E-state index in [2.05, 4.69) is 10.2 Å². The standard InChI is InChI=1S/C8H15FN2.2ClH/c9-7-6-10-3-2-8(7)11-4-1-5-11;;/h7-8,10H,1-6H2;2*1H. The number of likely N-dealkylation sites (tertiary alicyclic amines) is 1. The van der Waals surface area contributed by atoms with Crippen LogP contribution in [0, 0.1) is 0 Å². The van der Waals surface area contributed by atoms with Crippen LogP contribution in [0.1, 0.15) is 12.8 Å². The van der Waals surface area contributed by atoms with Crippen LogP contribution in [0.2, 0.25) is 0 Å². The molecule has 2 nitrogen and oxygen atoms in total. The van der Waals surface area contributed by atoms with Crippen molar-refractivity contribution in [2.45, 2.75) is 25.1 Å². The monoisotopic (exact) mass is 230 g/mol.